The summed E-state index contributed by atoms with van der Waals surface area (Å²) in [5.74, 6) is 0. The van der Waals surface area contributed by atoms with Crippen molar-refractivity contribution in [3.05, 3.63) is 0 Å². The molecule has 1 N–H and O–H groups in total. The van der Waals surface area contributed by atoms with E-state index in [1.807, 2.05) is 11.8 Å². The van der Waals surface area contributed by atoms with E-state index in [9.17, 15) is 0 Å². The maximum Gasteiger partial charge on any atom is 0.157 e. The summed E-state index contributed by atoms with van der Waals surface area (Å²) >= 11 is 1.91. The van der Waals surface area contributed by atoms with Crippen molar-refractivity contribution in [3.63, 3.8) is 0 Å². The Bertz CT molecular complexity index is 245. The van der Waals surface area contributed by atoms with Gasteiger partial charge in [0, 0.05) is 11.9 Å². The van der Waals surface area contributed by atoms with Crippen LogP contribution in [0.2, 0.25) is 0 Å². The molecule has 86 valence electrons. The van der Waals surface area contributed by atoms with E-state index in [0.717, 1.165) is 24.7 Å². The number of hydrogen-bond donors (Lipinski definition) is 1. The van der Waals surface area contributed by atoms with Gasteiger partial charge in [-0.1, -0.05) is 25.1 Å². The zero-order valence-electron chi connectivity index (χ0n) is 9.53. The Kier molecular flexibility index (Phi) is 3.92. The van der Waals surface area contributed by atoms with Gasteiger partial charge in [-0.3, -0.25) is 4.99 Å². The molecule has 0 radical (unpaired) electrons. The summed E-state index contributed by atoms with van der Waals surface area (Å²) in [7, 11) is 0. The van der Waals surface area contributed by atoms with E-state index in [0.29, 0.717) is 17.4 Å². The van der Waals surface area contributed by atoms with Gasteiger partial charge in [0.25, 0.3) is 0 Å². The van der Waals surface area contributed by atoms with Gasteiger partial charge < -0.3 is 10.1 Å². The van der Waals surface area contributed by atoms with Gasteiger partial charge in [-0.2, -0.15) is 0 Å². The first kappa shape index (κ1) is 11.3. The number of aliphatic imine (C=N–C) groups is 1. The van der Waals surface area contributed by atoms with Crippen LogP contribution in [0.15, 0.2) is 4.99 Å². The number of amidine groups is 1. The molecular formula is C11H20N2OS. The van der Waals surface area contributed by atoms with Crippen LogP contribution in [0.25, 0.3) is 0 Å². The number of nitrogens with zero attached hydrogens (tertiary/aromatic N) is 1. The fourth-order valence-electron chi connectivity index (χ4n) is 2.05. The fraction of sp³-hybridized carbons (Fsp3) is 0.909. The third-order valence-electron chi connectivity index (χ3n) is 3.01. The minimum Gasteiger partial charge on any atom is -0.376 e. The van der Waals surface area contributed by atoms with Gasteiger partial charge in [-0.15, -0.1) is 0 Å². The highest BCUT2D eigenvalue weighted by Crippen LogP contribution is 2.25. The standard InChI is InChI=1S/C11H20N2OS/c1-3-4-9-7-12-11(15-9)13-10-5-6-14-8(10)2/h8-10H,3-7H2,1-2H3,(H,12,13). The van der Waals surface area contributed by atoms with Crippen LogP contribution in [-0.2, 0) is 4.74 Å². The van der Waals surface area contributed by atoms with Crippen molar-refractivity contribution >= 4 is 16.9 Å². The number of nitrogens with one attached hydrogen (secondary N) is 1. The monoisotopic (exact) mass is 228 g/mol. The number of ether oxygens (including phenoxy) is 1. The Morgan fingerprint density at radius 3 is 3.13 bits per heavy atom. The average Bonchev–Trinajstić information content (AvgIpc) is 2.79. The molecule has 0 aliphatic carbocycles. The molecule has 2 heterocycles. The van der Waals surface area contributed by atoms with E-state index >= 15 is 0 Å². The molecule has 1 fully saturated rings. The molecule has 2 aliphatic rings. The van der Waals surface area contributed by atoms with Crippen molar-refractivity contribution in [2.24, 2.45) is 4.99 Å². The predicted molar refractivity (Wildman–Crippen MR) is 65.5 cm³/mol. The Morgan fingerprint density at radius 2 is 2.47 bits per heavy atom. The van der Waals surface area contributed by atoms with Gasteiger partial charge in [0.1, 0.15) is 0 Å². The molecule has 3 nitrogen and oxygen atoms in total. The maximum atomic E-state index is 5.52. The molecule has 15 heavy (non-hydrogen) atoms. The van der Waals surface area contributed by atoms with Crippen molar-refractivity contribution in [2.75, 3.05) is 13.2 Å². The van der Waals surface area contributed by atoms with Crippen LogP contribution < -0.4 is 5.32 Å². The highest BCUT2D eigenvalue weighted by molar-refractivity contribution is 8.14. The predicted octanol–water partition coefficient (Wildman–Crippen LogP) is 2.02. The quantitative estimate of drug-likeness (QED) is 0.802. The number of rotatable bonds is 3. The molecule has 2 rings (SSSR count). The summed E-state index contributed by atoms with van der Waals surface area (Å²) in [5.41, 5.74) is 0. The molecule has 0 bridgehead atoms. The van der Waals surface area contributed by atoms with Crippen molar-refractivity contribution in [3.8, 4) is 0 Å². The SMILES string of the molecule is CCCC1CN=C(NC2CCOC2C)S1. The Morgan fingerprint density at radius 1 is 1.60 bits per heavy atom. The molecule has 0 aromatic carbocycles. The van der Waals surface area contributed by atoms with E-state index in [1.54, 1.807) is 0 Å². The van der Waals surface area contributed by atoms with Crippen LogP contribution in [0.5, 0.6) is 0 Å². The van der Waals surface area contributed by atoms with E-state index < -0.39 is 0 Å². The van der Waals surface area contributed by atoms with Gasteiger partial charge in [0.05, 0.1) is 18.7 Å². The first-order valence-electron chi connectivity index (χ1n) is 5.89. The lowest BCUT2D eigenvalue weighted by Crippen LogP contribution is -2.37. The first-order valence-corrected chi connectivity index (χ1v) is 6.76. The third-order valence-corrected chi connectivity index (χ3v) is 4.20. The Balaban J connectivity index is 1.76. The molecular weight excluding hydrogens is 208 g/mol. The van der Waals surface area contributed by atoms with Gasteiger partial charge in [-0.05, 0) is 19.8 Å². The second-order valence-electron chi connectivity index (χ2n) is 4.29. The Hall–Kier alpha value is -0.220. The van der Waals surface area contributed by atoms with Gasteiger partial charge in [0.15, 0.2) is 5.17 Å². The molecule has 0 aromatic heterocycles. The summed E-state index contributed by atoms with van der Waals surface area (Å²) in [6.07, 6.45) is 3.97. The highest BCUT2D eigenvalue weighted by atomic mass is 32.2. The van der Waals surface area contributed by atoms with Gasteiger partial charge in [0.2, 0.25) is 0 Å². The van der Waals surface area contributed by atoms with E-state index in [1.165, 1.54) is 12.8 Å². The molecule has 2 aliphatic heterocycles. The number of hydrogen-bond acceptors (Lipinski definition) is 4. The lowest BCUT2D eigenvalue weighted by molar-refractivity contribution is 0.116. The lowest BCUT2D eigenvalue weighted by Gasteiger charge is -2.17. The largest absolute Gasteiger partial charge is 0.376 e. The van der Waals surface area contributed by atoms with Gasteiger partial charge in [-0.25, -0.2) is 0 Å². The van der Waals surface area contributed by atoms with Crippen LogP contribution in [-0.4, -0.2) is 35.7 Å². The van der Waals surface area contributed by atoms with Crippen LogP contribution in [0.4, 0.5) is 0 Å². The summed E-state index contributed by atoms with van der Waals surface area (Å²) in [4.78, 5) is 4.55. The summed E-state index contributed by atoms with van der Waals surface area (Å²) in [5, 5.41) is 5.34. The van der Waals surface area contributed by atoms with Crippen molar-refractivity contribution in [1.29, 1.82) is 0 Å². The van der Waals surface area contributed by atoms with Crippen LogP contribution >= 0.6 is 11.8 Å². The average molecular weight is 228 g/mol. The minimum absolute atomic E-state index is 0.332. The zero-order chi connectivity index (χ0) is 10.7. The van der Waals surface area contributed by atoms with Crippen molar-refractivity contribution < 1.29 is 4.74 Å². The smallest absolute Gasteiger partial charge is 0.157 e. The molecule has 0 spiro atoms. The molecule has 4 heteroatoms. The first-order chi connectivity index (χ1) is 7.29. The minimum atomic E-state index is 0.332. The summed E-state index contributed by atoms with van der Waals surface area (Å²) in [6, 6.07) is 0.469. The van der Waals surface area contributed by atoms with Crippen LogP contribution in [0.3, 0.4) is 0 Å². The highest BCUT2D eigenvalue weighted by Gasteiger charge is 2.27. The van der Waals surface area contributed by atoms with E-state index in [-0.39, 0.29) is 0 Å². The van der Waals surface area contributed by atoms with E-state index in [2.05, 4.69) is 24.2 Å². The molecule has 0 saturated carbocycles. The fourth-order valence-corrected chi connectivity index (χ4v) is 3.24. The van der Waals surface area contributed by atoms with Crippen LogP contribution in [0.1, 0.15) is 33.1 Å². The molecule has 0 aromatic rings. The van der Waals surface area contributed by atoms with Crippen LogP contribution in [0, 0.1) is 0 Å². The zero-order valence-corrected chi connectivity index (χ0v) is 10.3. The lowest BCUT2D eigenvalue weighted by atomic mass is 10.2. The van der Waals surface area contributed by atoms with Crippen molar-refractivity contribution in [2.45, 2.75) is 50.5 Å². The normalized spacial score (nSPS) is 35.6. The summed E-state index contributed by atoms with van der Waals surface area (Å²) < 4.78 is 5.52. The molecule has 0 amide bonds. The second kappa shape index (κ2) is 5.21. The summed E-state index contributed by atoms with van der Waals surface area (Å²) in [6.45, 7) is 6.24. The molecule has 1 saturated heterocycles. The second-order valence-corrected chi connectivity index (χ2v) is 5.58. The number of thioether (sulfide) groups is 1. The Labute approximate surface area is 96.1 Å². The molecule has 3 unspecified atom stereocenters. The topological polar surface area (TPSA) is 33.6 Å². The van der Waals surface area contributed by atoms with E-state index in [4.69, 9.17) is 4.74 Å². The molecule has 3 atom stereocenters. The van der Waals surface area contributed by atoms with Gasteiger partial charge >= 0.3 is 0 Å². The third kappa shape index (κ3) is 2.88. The van der Waals surface area contributed by atoms with Crippen molar-refractivity contribution in [1.82, 2.24) is 5.32 Å². The maximum absolute atomic E-state index is 5.52.